The van der Waals surface area contributed by atoms with Crippen LogP contribution in [-0.4, -0.2) is 21.6 Å². The second-order valence-corrected chi connectivity index (χ2v) is 7.30. The summed E-state index contributed by atoms with van der Waals surface area (Å²) in [6, 6.07) is 6.93. The smallest absolute Gasteiger partial charge is 0.273 e. The van der Waals surface area contributed by atoms with Gasteiger partial charge in [-0.05, 0) is 31.2 Å². The molecule has 0 aliphatic heterocycles. The molecule has 4 rings (SSSR count). The molecular formula is C19H22N4O3. The molecule has 0 saturated heterocycles. The van der Waals surface area contributed by atoms with E-state index in [1.807, 2.05) is 0 Å². The molecule has 26 heavy (non-hydrogen) atoms. The maximum absolute atomic E-state index is 12.6. The molecule has 2 N–H and O–H groups in total. The van der Waals surface area contributed by atoms with Crippen molar-refractivity contribution >= 4 is 22.6 Å². The molecule has 2 amide bonds. The SMILES string of the molecule is CCCCCn1nc(C(=O)NNC(=O)C23CC2C3)c2ccccc2c1=O. The van der Waals surface area contributed by atoms with E-state index in [9.17, 15) is 14.4 Å². The summed E-state index contributed by atoms with van der Waals surface area (Å²) in [5.74, 6) is -0.136. The highest BCUT2D eigenvalue weighted by molar-refractivity contribution is 6.05. The van der Waals surface area contributed by atoms with Gasteiger partial charge in [0.05, 0.1) is 10.8 Å². The van der Waals surface area contributed by atoms with Crippen LogP contribution in [0.2, 0.25) is 0 Å². The highest BCUT2D eigenvalue weighted by Gasteiger charge is 2.74. The molecule has 1 aromatic heterocycles. The number of nitrogens with zero attached hydrogens (tertiary/aromatic N) is 2. The van der Waals surface area contributed by atoms with Gasteiger partial charge in [0.15, 0.2) is 5.69 Å². The number of fused-ring (bicyclic) bond motifs is 2. The van der Waals surface area contributed by atoms with Crippen molar-refractivity contribution in [3.8, 4) is 0 Å². The van der Waals surface area contributed by atoms with Crippen molar-refractivity contribution < 1.29 is 9.59 Å². The monoisotopic (exact) mass is 354 g/mol. The van der Waals surface area contributed by atoms with Crippen LogP contribution in [0.5, 0.6) is 0 Å². The van der Waals surface area contributed by atoms with E-state index in [1.54, 1.807) is 24.3 Å². The maximum atomic E-state index is 12.6. The summed E-state index contributed by atoms with van der Waals surface area (Å²) in [6.07, 6.45) is 4.67. The van der Waals surface area contributed by atoms with Gasteiger partial charge in [-0.25, -0.2) is 4.68 Å². The fraction of sp³-hybridized carbons (Fsp3) is 0.474. The Morgan fingerprint density at radius 1 is 1.19 bits per heavy atom. The third-order valence-electron chi connectivity index (χ3n) is 5.48. The lowest BCUT2D eigenvalue weighted by atomic mass is 10.1. The third-order valence-corrected chi connectivity index (χ3v) is 5.48. The highest BCUT2D eigenvalue weighted by Crippen LogP contribution is 2.75. The first kappa shape index (κ1) is 16.8. The van der Waals surface area contributed by atoms with Crippen molar-refractivity contribution in [1.82, 2.24) is 20.6 Å². The first-order chi connectivity index (χ1) is 12.6. The Kier molecular flexibility index (Phi) is 4.01. The normalized spacial score (nSPS) is 22.6. The molecule has 2 aliphatic rings. The average molecular weight is 354 g/mol. The standard InChI is InChI=1S/C19H22N4O3/c1-2-3-6-9-23-17(25)14-8-5-4-7-13(14)15(22-23)16(24)20-21-18(26)19-10-12(19)11-19/h4-5,7-8,12H,2-3,6,9-11H2,1H3,(H,20,24)(H,21,26). The maximum Gasteiger partial charge on any atom is 0.290 e. The van der Waals surface area contributed by atoms with E-state index in [1.165, 1.54) is 4.68 Å². The molecule has 1 heterocycles. The summed E-state index contributed by atoms with van der Waals surface area (Å²) in [4.78, 5) is 37.3. The van der Waals surface area contributed by atoms with Gasteiger partial charge in [-0.2, -0.15) is 5.10 Å². The molecule has 1 aromatic carbocycles. The molecular weight excluding hydrogens is 332 g/mol. The first-order valence-corrected chi connectivity index (χ1v) is 9.17. The number of hydrogen-bond donors (Lipinski definition) is 2. The minimum absolute atomic E-state index is 0.128. The van der Waals surface area contributed by atoms with E-state index in [-0.39, 0.29) is 22.6 Å². The molecule has 2 fully saturated rings. The summed E-state index contributed by atoms with van der Waals surface area (Å²) in [7, 11) is 0. The third kappa shape index (κ3) is 2.77. The summed E-state index contributed by atoms with van der Waals surface area (Å²) in [5.41, 5.74) is 4.70. The number of carbonyl (C=O) groups excluding carboxylic acids is 2. The molecule has 7 heteroatoms. The number of aromatic nitrogens is 2. The predicted molar refractivity (Wildman–Crippen MR) is 96.3 cm³/mol. The van der Waals surface area contributed by atoms with Crippen LogP contribution < -0.4 is 16.4 Å². The second kappa shape index (κ2) is 6.23. The predicted octanol–water partition coefficient (Wildman–Crippen LogP) is 1.76. The van der Waals surface area contributed by atoms with Gasteiger partial charge < -0.3 is 0 Å². The van der Waals surface area contributed by atoms with Crippen molar-refractivity contribution in [2.75, 3.05) is 0 Å². The summed E-state index contributed by atoms with van der Waals surface area (Å²) < 4.78 is 1.35. The summed E-state index contributed by atoms with van der Waals surface area (Å²) in [5, 5.41) is 5.23. The van der Waals surface area contributed by atoms with E-state index >= 15 is 0 Å². The van der Waals surface area contributed by atoms with Crippen molar-refractivity contribution in [2.45, 2.75) is 45.6 Å². The molecule has 0 atom stereocenters. The Labute approximate surface area is 150 Å². The zero-order valence-electron chi connectivity index (χ0n) is 14.7. The average Bonchev–Trinajstić information content (AvgIpc) is 3.52. The number of unbranched alkanes of at least 4 members (excludes halogenated alkanes) is 2. The first-order valence-electron chi connectivity index (χ1n) is 9.17. The van der Waals surface area contributed by atoms with Gasteiger partial charge in [0.2, 0.25) is 5.91 Å². The molecule has 0 bridgehead atoms. The van der Waals surface area contributed by atoms with Crippen LogP contribution >= 0.6 is 0 Å². The van der Waals surface area contributed by atoms with E-state index in [0.29, 0.717) is 23.2 Å². The fourth-order valence-electron chi connectivity index (χ4n) is 3.44. The zero-order chi connectivity index (χ0) is 18.3. The van der Waals surface area contributed by atoms with Gasteiger partial charge in [0.1, 0.15) is 0 Å². The van der Waals surface area contributed by atoms with Crippen molar-refractivity contribution in [1.29, 1.82) is 0 Å². The van der Waals surface area contributed by atoms with Crippen molar-refractivity contribution in [3.05, 3.63) is 40.3 Å². The fourth-order valence-corrected chi connectivity index (χ4v) is 3.44. The van der Waals surface area contributed by atoms with Crippen LogP contribution in [0, 0.1) is 11.3 Å². The number of hydrogen-bond acceptors (Lipinski definition) is 4. The Morgan fingerprint density at radius 3 is 2.54 bits per heavy atom. The largest absolute Gasteiger partial charge is 0.290 e. The number of carbonyl (C=O) groups is 2. The van der Waals surface area contributed by atoms with Gasteiger partial charge in [-0.1, -0.05) is 38.0 Å². The summed E-state index contributed by atoms with van der Waals surface area (Å²) in [6.45, 7) is 2.55. The minimum Gasteiger partial charge on any atom is -0.273 e. The van der Waals surface area contributed by atoms with Gasteiger partial charge in [-0.15, -0.1) is 0 Å². The van der Waals surface area contributed by atoms with Crippen LogP contribution in [0.15, 0.2) is 29.1 Å². The molecule has 0 unspecified atom stereocenters. The molecule has 0 spiro atoms. The van der Waals surface area contributed by atoms with E-state index in [0.717, 1.165) is 32.1 Å². The molecule has 136 valence electrons. The highest BCUT2D eigenvalue weighted by atomic mass is 16.2. The second-order valence-electron chi connectivity index (χ2n) is 7.30. The van der Waals surface area contributed by atoms with Crippen LogP contribution in [0.4, 0.5) is 0 Å². The Hall–Kier alpha value is -2.70. The lowest BCUT2D eigenvalue weighted by Gasteiger charge is -2.12. The van der Waals surface area contributed by atoms with Gasteiger partial charge in [0.25, 0.3) is 11.5 Å². The van der Waals surface area contributed by atoms with Crippen LogP contribution in [0.1, 0.15) is 49.5 Å². The number of benzene rings is 1. The van der Waals surface area contributed by atoms with Crippen molar-refractivity contribution in [3.63, 3.8) is 0 Å². The lowest BCUT2D eigenvalue weighted by Crippen LogP contribution is -2.44. The topological polar surface area (TPSA) is 93.1 Å². The molecule has 2 aromatic rings. The number of amides is 2. The van der Waals surface area contributed by atoms with E-state index in [2.05, 4.69) is 22.9 Å². The molecule has 2 saturated carbocycles. The van der Waals surface area contributed by atoms with Gasteiger partial charge in [-0.3, -0.25) is 25.2 Å². The zero-order valence-corrected chi connectivity index (χ0v) is 14.7. The Balaban J connectivity index is 1.59. The molecule has 2 aliphatic carbocycles. The van der Waals surface area contributed by atoms with Crippen LogP contribution in [-0.2, 0) is 11.3 Å². The number of hydrazine groups is 1. The summed E-state index contributed by atoms with van der Waals surface area (Å²) >= 11 is 0. The lowest BCUT2D eigenvalue weighted by molar-refractivity contribution is -0.125. The van der Waals surface area contributed by atoms with Crippen LogP contribution in [0.3, 0.4) is 0 Å². The molecule has 0 radical (unpaired) electrons. The van der Waals surface area contributed by atoms with Crippen molar-refractivity contribution in [2.24, 2.45) is 11.3 Å². The quantitative estimate of drug-likeness (QED) is 0.611. The number of rotatable bonds is 6. The van der Waals surface area contributed by atoms with Gasteiger partial charge in [0, 0.05) is 11.9 Å². The van der Waals surface area contributed by atoms with E-state index < -0.39 is 5.91 Å². The Bertz CT molecular complexity index is 943. The number of aryl methyl sites for hydroxylation is 1. The van der Waals surface area contributed by atoms with Crippen LogP contribution in [0.25, 0.3) is 10.8 Å². The minimum atomic E-state index is -0.506. The molecule has 7 nitrogen and oxygen atoms in total. The van der Waals surface area contributed by atoms with Gasteiger partial charge >= 0.3 is 0 Å². The van der Waals surface area contributed by atoms with E-state index in [4.69, 9.17) is 0 Å². The Morgan fingerprint density at radius 2 is 1.88 bits per heavy atom. The number of nitrogens with one attached hydrogen (secondary N) is 2.